The molecule has 0 aromatic heterocycles. The molecule has 2 aliphatic rings. The van der Waals surface area contributed by atoms with Crippen molar-refractivity contribution in [2.45, 2.75) is 70.9 Å². The van der Waals surface area contributed by atoms with E-state index in [1.54, 1.807) is 0 Å². The molecule has 2 rings (SSSR count). The van der Waals surface area contributed by atoms with Crippen LogP contribution in [0.3, 0.4) is 0 Å². The first-order valence-electron chi connectivity index (χ1n) is 8.43. The van der Waals surface area contributed by atoms with E-state index in [1.165, 1.54) is 19.3 Å². The predicted molar refractivity (Wildman–Crippen MR) is 84.0 cm³/mol. The maximum atomic E-state index is 12.1. The van der Waals surface area contributed by atoms with Crippen LogP contribution in [0.2, 0.25) is 0 Å². The molecule has 1 amide bonds. The van der Waals surface area contributed by atoms with E-state index in [2.05, 4.69) is 10.4 Å². The van der Waals surface area contributed by atoms with Gasteiger partial charge in [-0.25, -0.2) is 9.80 Å². The molecule has 2 fully saturated rings. The summed E-state index contributed by atoms with van der Waals surface area (Å²) in [6, 6.07) is 0.496. The second-order valence-corrected chi connectivity index (χ2v) is 7.27. The molecular formula is C16H31N3O2. The molecule has 5 heteroatoms. The number of carbonyl (C=O) groups excluding carboxylic acids is 1. The van der Waals surface area contributed by atoms with Crippen molar-refractivity contribution in [2.75, 3.05) is 26.2 Å². The van der Waals surface area contributed by atoms with Crippen LogP contribution in [0.5, 0.6) is 0 Å². The van der Waals surface area contributed by atoms with Crippen molar-refractivity contribution in [3.8, 4) is 0 Å². The largest absolute Gasteiger partial charge is 0.444 e. The molecule has 0 radical (unpaired) electrons. The molecule has 0 aliphatic carbocycles. The van der Waals surface area contributed by atoms with Crippen LogP contribution in [0.15, 0.2) is 0 Å². The van der Waals surface area contributed by atoms with Gasteiger partial charge in [0, 0.05) is 32.2 Å². The van der Waals surface area contributed by atoms with Gasteiger partial charge in [0.1, 0.15) is 5.60 Å². The lowest BCUT2D eigenvalue weighted by Crippen LogP contribution is -2.47. The number of carbonyl (C=O) groups is 1. The van der Waals surface area contributed by atoms with E-state index < -0.39 is 5.60 Å². The summed E-state index contributed by atoms with van der Waals surface area (Å²) in [4.78, 5) is 14.0. The van der Waals surface area contributed by atoms with Gasteiger partial charge in [-0.15, -0.1) is 0 Å². The lowest BCUT2D eigenvalue weighted by molar-refractivity contribution is 0.0253. The van der Waals surface area contributed by atoms with E-state index in [0.29, 0.717) is 6.04 Å². The van der Waals surface area contributed by atoms with Crippen molar-refractivity contribution in [3.05, 3.63) is 0 Å². The van der Waals surface area contributed by atoms with Crippen LogP contribution in [0.4, 0.5) is 4.79 Å². The molecule has 0 saturated carbocycles. The summed E-state index contributed by atoms with van der Waals surface area (Å²) in [7, 11) is 0. The quantitative estimate of drug-likeness (QED) is 0.851. The summed E-state index contributed by atoms with van der Waals surface area (Å²) >= 11 is 0. The first-order valence-corrected chi connectivity index (χ1v) is 8.43. The molecule has 1 atom stereocenters. The van der Waals surface area contributed by atoms with Crippen LogP contribution >= 0.6 is 0 Å². The summed E-state index contributed by atoms with van der Waals surface area (Å²) in [5.74, 6) is 0. The third-order valence-electron chi connectivity index (χ3n) is 4.10. The molecule has 2 saturated heterocycles. The number of hydrogen-bond donors (Lipinski definition) is 1. The highest BCUT2D eigenvalue weighted by Crippen LogP contribution is 2.16. The van der Waals surface area contributed by atoms with Crippen LogP contribution in [0.1, 0.15) is 59.3 Å². The van der Waals surface area contributed by atoms with E-state index in [9.17, 15) is 4.79 Å². The third-order valence-corrected chi connectivity index (χ3v) is 4.10. The molecule has 0 spiro atoms. The van der Waals surface area contributed by atoms with Crippen molar-refractivity contribution < 1.29 is 9.53 Å². The number of piperidine rings is 1. The van der Waals surface area contributed by atoms with Gasteiger partial charge in [-0.3, -0.25) is 5.43 Å². The molecule has 21 heavy (non-hydrogen) atoms. The number of ether oxygens (including phenoxy) is 1. The molecule has 122 valence electrons. The average Bonchev–Trinajstić information content (AvgIpc) is 2.64. The van der Waals surface area contributed by atoms with Gasteiger partial charge < -0.3 is 9.64 Å². The van der Waals surface area contributed by atoms with Gasteiger partial charge in [0.05, 0.1) is 0 Å². The van der Waals surface area contributed by atoms with Gasteiger partial charge in [-0.05, 0) is 52.9 Å². The minimum Gasteiger partial charge on any atom is -0.444 e. The van der Waals surface area contributed by atoms with Gasteiger partial charge in [-0.1, -0.05) is 6.42 Å². The fourth-order valence-corrected chi connectivity index (χ4v) is 3.02. The normalized spacial score (nSPS) is 25.5. The minimum atomic E-state index is -0.408. The molecule has 0 bridgehead atoms. The molecule has 2 heterocycles. The SMILES string of the molecule is CC(C)(C)OC(=O)N1CCCC(NN2CCCCC2)CC1. The smallest absolute Gasteiger partial charge is 0.410 e. The number of likely N-dealkylation sites (tertiary alicyclic amines) is 1. The topological polar surface area (TPSA) is 44.8 Å². The van der Waals surface area contributed by atoms with Crippen molar-refractivity contribution >= 4 is 6.09 Å². The van der Waals surface area contributed by atoms with Crippen LogP contribution in [0.25, 0.3) is 0 Å². The van der Waals surface area contributed by atoms with Gasteiger partial charge in [0.15, 0.2) is 0 Å². The van der Waals surface area contributed by atoms with Crippen LogP contribution in [-0.4, -0.2) is 53.8 Å². The number of nitrogens with zero attached hydrogens (tertiary/aromatic N) is 2. The first kappa shape index (κ1) is 16.6. The highest BCUT2D eigenvalue weighted by Gasteiger charge is 2.26. The fraction of sp³-hybridized carbons (Fsp3) is 0.938. The summed E-state index contributed by atoms with van der Waals surface area (Å²) < 4.78 is 5.47. The molecular weight excluding hydrogens is 266 g/mol. The average molecular weight is 297 g/mol. The molecule has 2 aliphatic heterocycles. The van der Waals surface area contributed by atoms with E-state index in [1.807, 2.05) is 25.7 Å². The van der Waals surface area contributed by atoms with Crippen molar-refractivity contribution in [1.29, 1.82) is 0 Å². The van der Waals surface area contributed by atoms with Crippen molar-refractivity contribution in [3.63, 3.8) is 0 Å². The van der Waals surface area contributed by atoms with Crippen molar-refractivity contribution in [2.24, 2.45) is 0 Å². The van der Waals surface area contributed by atoms with E-state index >= 15 is 0 Å². The Kier molecular flexibility index (Phi) is 5.88. The monoisotopic (exact) mass is 297 g/mol. The second kappa shape index (κ2) is 7.45. The maximum absolute atomic E-state index is 12.1. The minimum absolute atomic E-state index is 0.166. The lowest BCUT2D eigenvalue weighted by Gasteiger charge is -2.31. The van der Waals surface area contributed by atoms with Crippen molar-refractivity contribution in [1.82, 2.24) is 15.3 Å². The Morgan fingerprint density at radius 1 is 1.00 bits per heavy atom. The van der Waals surface area contributed by atoms with Crippen LogP contribution < -0.4 is 5.43 Å². The van der Waals surface area contributed by atoms with Gasteiger partial charge >= 0.3 is 6.09 Å². The Hall–Kier alpha value is -0.810. The van der Waals surface area contributed by atoms with Gasteiger partial charge in [0.25, 0.3) is 0 Å². The molecule has 5 nitrogen and oxygen atoms in total. The second-order valence-electron chi connectivity index (χ2n) is 7.27. The zero-order chi connectivity index (χ0) is 15.3. The van der Waals surface area contributed by atoms with E-state index in [4.69, 9.17) is 4.74 Å². The molecule has 0 aromatic rings. The highest BCUT2D eigenvalue weighted by atomic mass is 16.6. The van der Waals surface area contributed by atoms with Crippen LogP contribution in [-0.2, 0) is 4.74 Å². The van der Waals surface area contributed by atoms with Gasteiger partial charge in [0.2, 0.25) is 0 Å². The zero-order valence-corrected chi connectivity index (χ0v) is 13.9. The summed E-state index contributed by atoms with van der Waals surface area (Å²) in [6.07, 6.45) is 6.97. The predicted octanol–water partition coefficient (Wildman–Crippen LogP) is 2.77. The van der Waals surface area contributed by atoms with Crippen LogP contribution in [0, 0.1) is 0 Å². The Balaban J connectivity index is 1.77. The number of rotatable bonds is 2. The number of nitrogens with one attached hydrogen (secondary N) is 1. The van der Waals surface area contributed by atoms with E-state index in [0.717, 1.165) is 45.4 Å². The standard InChI is InChI=1S/C16H31N3O2/c1-16(2,3)21-15(20)18-10-7-8-14(9-13-18)17-19-11-5-4-6-12-19/h14,17H,4-13H2,1-3H3. The first-order chi connectivity index (χ1) is 9.94. The Morgan fingerprint density at radius 2 is 1.71 bits per heavy atom. The third kappa shape index (κ3) is 5.83. The summed E-state index contributed by atoms with van der Waals surface area (Å²) in [6.45, 7) is 9.68. The maximum Gasteiger partial charge on any atom is 0.410 e. The highest BCUT2D eigenvalue weighted by molar-refractivity contribution is 5.68. The fourth-order valence-electron chi connectivity index (χ4n) is 3.02. The summed E-state index contributed by atoms with van der Waals surface area (Å²) in [5, 5.41) is 2.37. The molecule has 1 N–H and O–H groups in total. The Labute approximate surface area is 129 Å². The Bertz CT molecular complexity index is 335. The molecule has 1 unspecified atom stereocenters. The zero-order valence-electron chi connectivity index (χ0n) is 13.9. The Morgan fingerprint density at radius 3 is 2.38 bits per heavy atom. The van der Waals surface area contributed by atoms with Gasteiger partial charge in [-0.2, -0.15) is 0 Å². The molecule has 0 aromatic carbocycles. The number of amides is 1. The number of hydrogen-bond acceptors (Lipinski definition) is 4. The lowest BCUT2D eigenvalue weighted by atomic mass is 10.1. The van der Waals surface area contributed by atoms with E-state index in [-0.39, 0.29) is 6.09 Å². The summed E-state index contributed by atoms with van der Waals surface area (Å²) in [5.41, 5.74) is 3.25. The number of hydrazine groups is 1.